The third-order valence-electron chi connectivity index (χ3n) is 5.31. The van der Waals surface area contributed by atoms with Crippen LogP contribution in [0.4, 0.5) is 24.5 Å². The van der Waals surface area contributed by atoms with Crippen molar-refractivity contribution in [3.8, 4) is 0 Å². The van der Waals surface area contributed by atoms with E-state index in [4.69, 9.17) is 15.6 Å². The van der Waals surface area contributed by atoms with E-state index in [0.29, 0.717) is 35.6 Å². The summed E-state index contributed by atoms with van der Waals surface area (Å²) in [6.45, 7) is 0.324. The van der Waals surface area contributed by atoms with Crippen molar-refractivity contribution in [1.82, 2.24) is 4.90 Å². The molecule has 0 bridgehead atoms. The molecule has 192 valence electrons. The smallest absolute Gasteiger partial charge is 0.477 e. The lowest BCUT2D eigenvalue weighted by Gasteiger charge is -2.47. The second kappa shape index (κ2) is 9.98. The molecule has 36 heavy (non-hydrogen) atoms. The van der Waals surface area contributed by atoms with E-state index in [1.165, 1.54) is 45.8 Å². The molecular formula is C20H17F3N4O8S. The third-order valence-corrected chi connectivity index (χ3v) is 6.63. The quantitative estimate of drug-likeness (QED) is 0.223. The number of anilines is 1. The fourth-order valence-electron chi connectivity index (χ4n) is 3.63. The van der Waals surface area contributed by atoms with E-state index in [-0.39, 0.29) is 17.3 Å². The Hall–Kier alpha value is -3.92. The molecule has 3 aliphatic heterocycles. The minimum absolute atomic E-state index is 0.119. The predicted molar refractivity (Wildman–Crippen MR) is 118 cm³/mol. The Balaban J connectivity index is 0.000000454. The minimum Gasteiger partial charge on any atom is -0.477 e. The fraction of sp³-hybridized carbons (Fsp3) is 0.300. The van der Waals surface area contributed by atoms with Crippen LogP contribution in [0.15, 0.2) is 47.2 Å². The lowest BCUT2D eigenvalue weighted by Crippen LogP contribution is -2.68. The summed E-state index contributed by atoms with van der Waals surface area (Å²) in [6, 6.07) is 5.06. The van der Waals surface area contributed by atoms with Crippen LogP contribution in [-0.2, 0) is 19.2 Å². The van der Waals surface area contributed by atoms with Gasteiger partial charge in [-0.15, -0.1) is 11.8 Å². The van der Waals surface area contributed by atoms with Crippen molar-refractivity contribution >= 4 is 46.9 Å². The monoisotopic (exact) mass is 530 g/mol. The molecule has 2 amide bonds. The van der Waals surface area contributed by atoms with E-state index in [2.05, 4.69) is 0 Å². The summed E-state index contributed by atoms with van der Waals surface area (Å²) >= 11 is 1.36. The maximum absolute atomic E-state index is 12.8. The Kier molecular flexibility index (Phi) is 7.40. The number of allylic oxidation sites excluding steroid dienone is 1. The zero-order valence-corrected chi connectivity index (χ0v) is 18.8. The SMILES string of the molecule is N[C@@H]1C(=O)N2C(C(=O)O)=C(/C=C3\CCN(c4cccc([N+](=O)[O-])c4)C3=O)CS[C@H]12.O=C(O)C(F)(F)F. The number of carboxylic acids is 2. The summed E-state index contributed by atoms with van der Waals surface area (Å²) in [5, 5.41) is 27.3. The van der Waals surface area contributed by atoms with E-state index in [1.54, 1.807) is 6.07 Å². The zero-order chi connectivity index (χ0) is 26.9. The van der Waals surface area contributed by atoms with Crippen LogP contribution in [0.5, 0.6) is 0 Å². The molecule has 16 heteroatoms. The molecule has 0 saturated carbocycles. The number of non-ortho nitro benzene ring substituents is 1. The van der Waals surface area contributed by atoms with Gasteiger partial charge in [-0.05, 0) is 24.1 Å². The van der Waals surface area contributed by atoms with Crippen molar-refractivity contribution in [3.63, 3.8) is 0 Å². The van der Waals surface area contributed by atoms with Gasteiger partial charge in [-0.25, -0.2) is 9.59 Å². The van der Waals surface area contributed by atoms with E-state index >= 15 is 0 Å². The number of amides is 2. The molecule has 0 aliphatic carbocycles. The molecule has 3 aliphatic rings. The lowest BCUT2D eigenvalue weighted by atomic mass is 10.0. The van der Waals surface area contributed by atoms with Gasteiger partial charge in [0, 0.05) is 30.0 Å². The number of hydrogen-bond acceptors (Lipinski definition) is 8. The molecule has 12 nitrogen and oxygen atoms in total. The number of benzene rings is 1. The van der Waals surface area contributed by atoms with E-state index in [9.17, 15) is 42.8 Å². The Morgan fingerprint density at radius 3 is 2.44 bits per heavy atom. The number of nitro benzene ring substituents is 1. The normalized spacial score (nSPS) is 22.6. The van der Waals surface area contributed by atoms with Crippen LogP contribution in [0.3, 0.4) is 0 Å². The summed E-state index contributed by atoms with van der Waals surface area (Å²) in [7, 11) is 0. The number of nitro groups is 1. The Morgan fingerprint density at radius 1 is 1.25 bits per heavy atom. The number of alkyl halides is 3. The first-order valence-corrected chi connectivity index (χ1v) is 11.0. The summed E-state index contributed by atoms with van der Waals surface area (Å²) in [5.41, 5.74) is 6.64. The summed E-state index contributed by atoms with van der Waals surface area (Å²) in [6.07, 6.45) is -3.21. The third kappa shape index (κ3) is 5.18. The van der Waals surface area contributed by atoms with E-state index in [0.717, 1.165) is 0 Å². The highest BCUT2D eigenvalue weighted by molar-refractivity contribution is 8.00. The highest BCUT2D eigenvalue weighted by Crippen LogP contribution is 2.40. The van der Waals surface area contributed by atoms with Crippen LogP contribution in [0.2, 0.25) is 0 Å². The van der Waals surface area contributed by atoms with Gasteiger partial charge in [0.25, 0.3) is 11.6 Å². The van der Waals surface area contributed by atoms with Gasteiger partial charge in [0.2, 0.25) is 5.91 Å². The lowest BCUT2D eigenvalue weighted by molar-refractivity contribution is -0.384. The van der Waals surface area contributed by atoms with Gasteiger partial charge in [0.15, 0.2) is 0 Å². The van der Waals surface area contributed by atoms with Gasteiger partial charge in [-0.3, -0.25) is 24.6 Å². The first-order valence-electron chi connectivity index (χ1n) is 9.97. The fourth-order valence-corrected chi connectivity index (χ4v) is 4.88. The first kappa shape index (κ1) is 26.7. The average Bonchev–Trinajstić information content (AvgIpc) is 3.17. The van der Waals surface area contributed by atoms with Gasteiger partial charge < -0.3 is 20.8 Å². The highest BCUT2D eigenvalue weighted by Gasteiger charge is 2.51. The molecule has 0 radical (unpaired) electrons. The van der Waals surface area contributed by atoms with Crippen LogP contribution in [-0.4, -0.2) is 73.7 Å². The highest BCUT2D eigenvalue weighted by atomic mass is 32.2. The number of β-lactam (4-membered cyclic amide) rings is 1. The minimum atomic E-state index is -5.08. The molecular weight excluding hydrogens is 513 g/mol. The van der Waals surface area contributed by atoms with Crippen LogP contribution in [0.25, 0.3) is 0 Å². The summed E-state index contributed by atoms with van der Waals surface area (Å²) in [4.78, 5) is 58.5. The first-order chi connectivity index (χ1) is 16.7. The molecule has 3 heterocycles. The number of carbonyl (C=O) groups excluding carboxylic acids is 2. The van der Waals surface area contributed by atoms with Gasteiger partial charge in [0.05, 0.1) is 10.6 Å². The van der Waals surface area contributed by atoms with Crippen molar-refractivity contribution in [2.24, 2.45) is 5.73 Å². The van der Waals surface area contributed by atoms with E-state index < -0.39 is 40.4 Å². The van der Waals surface area contributed by atoms with Crippen LogP contribution in [0, 0.1) is 10.1 Å². The Labute approximate surface area is 204 Å². The van der Waals surface area contributed by atoms with Crippen molar-refractivity contribution < 1.29 is 47.5 Å². The molecule has 0 spiro atoms. The number of hydrogen-bond donors (Lipinski definition) is 3. The molecule has 0 unspecified atom stereocenters. The Bertz CT molecular complexity index is 1220. The van der Waals surface area contributed by atoms with Gasteiger partial charge in [-0.2, -0.15) is 13.2 Å². The second-order valence-electron chi connectivity index (χ2n) is 7.57. The number of carbonyl (C=O) groups is 4. The topological polar surface area (TPSA) is 184 Å². The number of aliphatic carboxylic acids is 2. The molecule has 2 fully saturated rings. The molecule has 1 aromatic carbocycles. The maximum Gasteiger partial charge on any atom is 0.490 e. The van der Waals surface area contributed by atoms with Crippen LogP contribution < -0.4 is 10.6 Å². The maximum atomic E-state index is 12.8. The second-order valence-corrected chi connectivity index (χ2v) is 8.68. The van der Waals surface area contributed by atoms with Crippen molar-refractivity contribution in [1.29, 1.82) is 0 Å². The summed E-state index contributed by atoms with van der Waals surface area (Å²) in [5.74, 6) is -4.49. The molecule has 4 N–H and O–H groups in total. The predicted octanol–water partition coefficient (Wildman–Crippen LogP) is 1.47. The molecule has 2 atom stereocenters. The standard InChI is InChI=1S/C18H16N4O6S.C2HF3O2/c19-13-16(24)21-14(18(25)26)10(8-29-17(13)21)6-9-4-5-20(15(9)23)11-2-1-3-12(7-11)22(27)28;3-2(4,5)1(6)7/h1-3,6-7,13,17H,4-5,8,19H2,(H,25,26);(H,6,7)/b9-6+;/t13-,17-;/m1./s1. The Morgan fingerprint density at radius 2 is 1.89 bits per heavy atom. The van der Waals surface area contributed by atoms with Gasteiger partial charge in [0.1, 0.15) is 17.1 Å². The molecule has 4 rings (SSSR count). The molecule has 1 aromatic rings. The van der Waals surface area contributed by atoms with Crippen molar-refractivity contribution in [3.05, 3.63) is 57.3 Å². The zero-order valence-electron chi connectivity index (χ0n) is 18.0. The molecule has 2 saturated heterocycles. The average molecular weight is 530 g/mol. The number of halogens is 3. The van der Waals surface area contributed by atoms with Gasteiger partial charge >= 0.3 is 18.1 Å². The van der Waals surface area contributed by atoms with Crippen molar-refractivity contribution in [2.75, 3.05) is 17.2 Å². The number of fused-ring (bicyclic) bond motifs is 1. The summed E-state index contributed by atoms with van der Waals surface area (Å²) < 4.78 is 31.7. The molecule has 0 aromatic heterocycles. The number of nitrogens with two attached hydrogens (primary N) is 1. The van der Waals surface area contributed by atoms with Gasteiger partial charge in [-0.1, -0.05) is 6.07 Å². The number of thioether (sulfide) groups is 1. The van der Waals surface area contributed by atoms with E-state index in [1.807, 2.05) is 0 Å². The largest absolute Gasteiger partial charge is 0.490 e. The van der Waals surface area contributed by atoms with Crippen LogP contribution in [0.1, 0.15) is 6.42 Å². The van der Waals surface area contributed by atoms with Crippen molar-refractivity contribution in [2.45, 2.75) is 24.0 Å². The number of carboxylic acid groups (broad SMARTS) is 2. The van der Waals surface area contributed by atoms with Crippen LogP contribution >= 0.6 is 11.8 Å². The number of rotatable bonds is 4. The number of nitrogens with zero attached hydrogens (tertiary/aromatic N) is 3.